The Bertz CT molecular complexity index is 805. The number of rotatable bonds is 6. The number of hydrogen-bond acceptors (Lipinski definition) is 4. The highest BCUT2D eigenvalue weighted by Gasteiger charge is 2.04. The molecule has 0 bridgehead atoms. The van der Waals surface area contributed by atoms with E-state index >= 15 is 0 Å². The van der Waals surface area contributed by atoms with E-state index in [1.165, 1.54) is 36.4 Å². The number of halogens is 1. The van der Waals surface area contributed by atoms with Gasteiger partial charge < -0.3 is 10.2 Å². The van der Waals surface area contributed by atoms with Gasteiger partial charge >= 0.3 is 0 Å². The summed E-state index contributed by atoms with van der Waals surface area (Å²) in [5.74, 6) is -0.336. The standard InChI is InChI=1S/C19H15BrO4/c20-19-12-18(24)10-5-14(19)4-9-17(23)11-16(22)8-3-13-1-6-15(21)7-2-13/h1-10,12,21,24H,11H2. The highest BCUT2D eigenvalue weighted by molar-refractivity contribution is 9.10. The van der Waals surface area contributed by atoms with E-state index in [4.69, 9.17) is 0 Å². The smallest absolute Gasteiger partial charge is 0.163 e. The second-order valence-corrected chi connectivity index (χ2v) is 5.93. The van der Waals surface area contributed by atoms with Crippen LogP contribution in [0.4, 0.5) is 0 Å². The van der Waals surface area contributed by atoms with Crippen molar-refractivity contribution in [2.45, 2.75) is 6.42 Å². The Morgan fingerprint density at radius 1 is 0.875 bits per heavy atom. The van der Waals surface area contributed by atoms with Gasteiger partial charge in [-0.2, -0.15) is 0 Å². The van der Waals surface area contributed by atoms with E-state index in [1.807, 2.05) is 0 Å². The van der Waals surface area contributed by atoms with Crippen molar-refractivity contribution < 1.29 is 19.8 Å². The van der Waals surface area contributed by atoms with Gasteiger partial charge in [-0.3, -0.25) is 9.59 Å². The van der Waals surface area contributed by atoms with Crippen LogP contribution in [0.25, 0.3) is 12.2 Å². The van der Waals surface area contributed by atoms with Gasteiger partial charge in [0.2, 0.25) is 0 Å². The second kappa shape index (κ2) is 8.26. The normalized spacial score (nSPS) is 11.2. The zero-order chi connectivity index (χ0) is 17.5. The Balaban J connectivity index is 1.92. The minimum atomic E-state index is -0.310. The van der Waals surface area contributed by atoms with Crippen LogP contribution in [0.1, 0.15) is 17.5 Å². The summed E-state index contributed by atoms with van der Waals surface area (Å²) < 4.78 is 0.658. The summed E-state index contributed by atoms with van der Waals surface area (Å²) in [5.41, 5.74) is 1.49. The Labute approximate surface area is 147 Å². The van der Waals surface area contributed by atoms with Crippen LogP contribution in [-0.4, -0.2) is 21.8 Å². The summed E-state index contributed by atoms with van der Waals surface area (Å²) in [4.78, 5) is 23.6. The Hall–Kier alpha value is -2.66. The molecule has 0 radical (unpaired) electrons. The number of ketones is 2. The van der Waals surface area contributed by atoms with Crippen LogP contribution in [-0.2, 0) is 9.59 Å². The molecule has 2 rings (SSSR count). The summed E-state index contributed by atoms with van der Waals surface area (Å²) in [7, 11) is 0. The first kappa shape index (κ1) is 17.7. The molecular formula is C19H15BrO4. The first-order valence-corrected chi connectivity index (χ1v) is 7.93. The number of allylic oxidation sites excluding steroid dienone is 2. The molecule has 0 atom stereocenters. The van der Waals surface area contributed by atoms with Crippen molar-refractivity contribution in [2.24, 2.45) is 0 Å². The van der Waals surface area contributed by atoms with Crippen LogP contribution in [0.15, 0.2) is 59.1 Å². The lowest BCUT2D eigenvalue weighted by atomic mass is 10.1. The molecule has 24 heavy (non-hydrogen) atoms. The van der Waals surface area contributed by atoms with E-state index in [-0.39, 0.29) is 29.5 Å². The SMILES string of the molecule is O=C(C=Cc1ccc(O)cc1)CC(=O)C=Cc1ccc(O)cc1Br. The van der Waals surface area contributed by atoms with Gasteiger partial charge in [-0.15, -0.1) is 0 Å². The molecule has 4 nitrogen and oxygen atoms in total. The van der Waals surface area contributed by atoms with E-state index in [2.05, 4.69) is 15.9 Å². The number of hydrogen-bond donors (Lipinski definition) is 2. The molecule has 0 saturated heterocycles. The summed E-state index contributed by atoms with van der Waals surface area (Å²) in [6.07, 6.45) is 5.64. The molecule has 0 heterocycles. The fourth-order valence-electron chi connectivity index (χ4n) is 1.90. The fourth-order valence-corrected chi connectivity index (χ4v) is 2.40. The van der Waals surface area contributed by atoms with Crippen LogP contribution in [0.3, 0.4) is 0 Å². The quantitative estimate of drug-likeness (QED) is 0.578. The van der Waals surface area contributed by atoms with Gasteiger partial charge in [0.05, 0.1) is 6.42 Å². The lowest BCUT2D eigenvalue weighted by Crippen LogP contribution is -2.01. The number of benzene rings is 2. The van der Waals surface area contributed by atoms with Crippen molar-refractivity contribution in [1.29, 1.82) is 0 Å². The molecule has 0 aliphatic heterocycles. The van der Waals surface area contributed by atoms with Crippen LogP contribution in [0, 0.1) is 0 Å². The molecule has 5 heteroatoms. The number of phenols is 2. The largest absolute Gasteiger partial charge is 0.508 e. The molecular weight excluding hydrogens is 372 g/mol. The van der Waals surface area contributed by atoms with Crippen molar-refractivity contribution in [3.8, 4) is 11.5 Å². The third kappa shape index (κ3) is 5.52. The maximum Gasteiger partial charge on any atom is 0.163 e. The maximum absolute atomic E-state index is 11.8. The second-order valence-electron chi connectivity index (χ2n) is 5.07. The van der Waals surface area contributed by atoms with E-state index in [0.29, 0.717) is 4.47 Å². The number of aromatic hydroxyl groups is 2. The van der Waals surface area contributed by atoms with Crippen LogP contribution in [0.5, 0.6) is 11.5 Å². The van der Waals surface area contributed by atoms with Gasteiger partial charge in [-0.25, -0.2) is 0 Å². The van der Waals surface area contributed by atoms with E-state index in [0.717, 1.165) is 11.1 Å². The minimum Gasteiger partial charge on any atom is -0.508 e. The van der Waals surface area contributed by atoms with Crippen LogP contribution < -0.4 is 0 Å². The Morgan fingerprint density at radius 3 is 2.08 bits per heavy atom. The molecule has 0 aliphatic carbocycles. The molecule has 0 unspecified atom stereocenters. The lowest BCUT2D eigenvalue weighted by molar-refractivity contribution is -0.121. The van der Waals surface area contributed by atoms with E-state index < -0.39 is 0 Å². The summed E-state index contributed by atoms with van der Waals surface area (Å²) in [6, 6.07) is 11.1. The predicted octanol–water partition coefficient (Wildman–Crippen LogP) is 4.12. The zero-order valence-corrected chi connectivity index (χ0v) is 14.2. The third-order valence-electron chi connectivity index (χ3n) is 3.14. The number of carbonyl (C=O) groups is 2. The first-order chi connectivity index (χ1) is 11.4. The average molecular weight is 387 g/mol. The van der Waals surface area contributed by atoms with Gasteiger partial charge in [0.1, 0.15) is 11.5 Å². The lowest BCUT2D eigenvalue weighted by Gasteiger charge is -1.99. The molecule has 2 N–H and O–H groups in total. The third-order valence-corrected chi connectivity index (χ3v) is 3.82. The highest BCUT2D eigenvalue weighted by Crippen LogP contribution is 2.23. The summed E-state index contributed by atoms with van der Waals surface area (Å²) >= 11 is 3.29. The molecule has 0 spiro atoms. The fraction of sp³-hybridized carbons (Fsp3) is 0.0526. The summed E-state index contributed by atoms with van der Waals surface area (Å²) in [5, 5.41) is 18.5. The molecule has 0 saturated carbocycles. The van der Waals surface area contributed by atoms with Crippen molar-refractivity contribution >= 4 is 39.6 Å². The minimum absolute atomic E-state index is 0.125. The average Bonchev–Trinajstić information content (AvgIpc) is 2.53. The summed E-state index contributed by atoms with van der Waals surface area (Å²) in [6.45, 7) is 0. The molecule has 0 fully saturated rings. The molecule has 122 valence electrons. The Kier molecular flexibility index (Phi) is 6.09. The molecule has 0 aromatic heterocycles. The molecule has 2 aromatic carbocycles. The van der Waals surface area contributed by atoms with Crippen LogP contribution in [0.2, 0.25) is 0 Å². The van der Waals surface area contributed by atoms with Gasteiger partial charge in [-0.1, -0.05) is 46.3 Å². The molecule has 2 aromatic rings. The zero-order valence-electron chi connectivity index (χ0n) is 12.6. The van der Waals surface area contributed by atoms with Crippen molar-refractivity contribution in [2.75, 3.05) is 0 Å². The van der Waals surface area contributed by atoms with E-state index in [9.17, 15) is 19.8 Å². The molecule has 0 aliphatic rings. The topological polar surface area (TPSA) is 74.6 Å². The van der Waals surface area contributed by atoms with Crippen molar-refractivity contribution in [3.05, 3.63) is 70.2 Å². The first-order valence-electron chi connectivity index (χ1n) is 7.13. The predicted molar refractivity (Wildman–Crippen MR) is 96.6 cm³/mol. The maximum atomic E-state index is 11.8. The number of carbonyl (C=O) groups excluding carboxylic acids is 2. The Morgan fingerprint density at radius 2 is 1.46 bits per heavy atom. The van der Waals surface area contributed by atoms with Crippen molar-refractivity contribution in [1.82, 2.24) is 0 Å². The highest BCUT2D eigenvalue weighted by atomic mass is 79.9. The van der Waals surface area contributed by atoms with Gasteiger partial charge in [0, 0.05) is 4.47 Å². The van der Waals surface area contributed by atoms with Crippen molar-refractivity contribution in [3.63, 3.8) is 0 Å². The van der Waals surface area contributed by atoms with Gasteiger partial charge in [0.25, 0.3) is 0 Å². The monoisotopic (exact) mass is 386 g/mol. The number of phenolic OH excluding ortho intramolecular Hbond substituents is 2. The molecule has 0 amide bonds. The van der Waals surface area contributed by atoms with Crippen LogP contribution >= 0.6 is 15.9 Å². The van der Waals surface area contributed by atoms with Gasteiger partial charge in [0.15, 0.2) is 11.6 Å². The van der Waals surface area contributed by atoms with Gasteiger partial charge in [-0.05, 0) is 47.5 Å². The van der Waals surface area contributed by atoms with E-state index in [1.54, 1.807) is 30.4 Å².